The van der Waals surface area contributed by atoms with E-state index in [4.69, 9.17) is 15.2 Å². The van der Waals surface area contributed by atoms with Crippen LogP contribution in [0, 0.1) is 0 Å². The average Bonchev–Trinajstić information content (AvgIpc) is 2.56. The Hall–Kier alpha value is -2.00. The zero-order valence-corrected chi connectivity index (χ0v) is 16.0. The Morgan fingerprint density at radius 2 is 1.92 bits per heavy atom. The van der Waals surface area contributed by atoms with Crippen LogP contribution in [0.2, 0.25) is 0 Å². The van der Waals surface area contributed by atoms with Crippen molar-refractivity contribution in [2.45, 2.75) is 13.2 Å². The molecule has 0 saturated carbocycles. The Morgan fingerprint density at radius 3 is 2.62 bits per heavy atom. The van der Waals surface area contributed by atoms with Gasteiger partial charge in [0.25, 0.3) is 0 Å². The topological polar surface area (TPSA) is 89.1 Å². The molecule has 0 aromatic heterocycles. The summed E-state index contributed by atoms with van der Waals surface area (Å²) in [5, 5.41) is 12.9. The monoisotopic (exact) mass is 443 g/mol. The second-order valence-electron chi connectivity index (χ2n) is 4.91. The molecule has 4 N–H and O–H groups in total. The highest BCUT2D eigenvalue weighted by Crippen LogP contribution is 2.23. The number of phenols is 1. The first-order chi connectivity index (χ1) is 11.1. The van der Waals surface area contributed by atoms with E-state index in [0.29, 0.717) is 17.9 Å². The lowest BCUT2D eigenvalue weighted by Gasteiger charge is -2.11. The molecule has 0 aliphatic heterocycles. The molecule has 6 nitrogen and oxygen atoms in total. The molecule has 2 aromatic rings. The van der Waals surface area contributed by atoms with Crippen molar-refractivity contribution < 1.29 is 14.6 Å². The molecule has 130 valence electrons. The highest BCUT2D eigenvalue weighted by Gasteiger charge is 2.05. The molecular formula is C17H22IN3O3. The first-order valence-electron chi connectivity index (χ1n) is 7.13. The predicted molar refractivity (Wildman–Crippen MR) is 106 cm³/mol. The van der Waals surface area contributed by atoms with Crippen LogP contribution in [-0.4, -0.2) is 25.3 Å². The molecule has 0 heterocycles. The van der Waals surface area contributed by atoms with Crippen LogP contribution >= 0.6 is 24.0 Å². The van der Waals surface area contributed by atoms with Crippen LogP contribution in [0.25, 0.3) is 0 Å². The van der Waals surface area contributed by atoms with E-state index in [1.165, 1.54) is 0 Å². The van der Waals surface area contributed by atoms with Gasteiger partial charge in [-0.1, -0.05) is 18.2 Å². The standard InChI is InChI=1S/C17H21N3O3.HI/c1-22-11-12-5-3-4-6-15(12)20-17(18)19-10-13-9-14(23-2)7-8-16(13)21;/h3-9,21H,10-11H2,1-2H3,(H3,18,19,20);1H. The number of nitrogens with one attached hydrogen (secondary N) is 1. The van der Waals surface area contributed by atoms with E-state index in [1.807, 2.05) is 24.3 Å². The Kier molecular flexibility index (Phi) is 8.34. The number of methoxy groups -OCH3 is 2. The number of rotatable bonds is 6. The number of phenolic OH excluding ortho intramolecular Hbond substituents is 1. The van der Waals surface area contributed by atoms with E-state index in [1.54, 1.807) is 32.4 Å². The Labute approximate surface area is 158 Å². The van der Waals surface area contributed by atoms with Crippen LogP contribution in [0.15, 0.2) is 47.5 Å². The van der Waals surface area contributed by atoms with Crippen molar-refractivity contribution in [2.24, 2.45) is 10.7 Å². The van der Waals surface area contributed by atoms with Crippen molar-refractivity contribution in [3.8, 4) is 11.5 Å². The molecule has 0 radical (unpaired) electrons. The molecule has 0 fully saturated rings. The van der Waals surface area contributed by atoms with Gasteiger partial charge < -0.3 is 25.6 Å². The van der Waals surface area contributed by atoms with E-state index >= 15 is 0 Å². The van der Waals surface area contributed by atoms with Crippen molar-refractivity contribution in [1.82, 2.24) is 0 Å². The summed E-state index contributed by atoms with van der Waals surface area (Å²) in [7, 11) is 3.21. The zero-order valence-electron chi connectivity index (χ0n) is 13.7. The maximum atomic E-state index is 9.84. The van der Waals surface area contributed by atoms with Gasteiger partial charge in [0.15, 0.2) is 5.96 Å². The molecule has 2 rings (SSSR count). The number of halogens is 1. The maximum Gasteiger partial charge on any atom is 0.193 e. The van der Waals surface area contributed by atoms with Crippen molar-refractivity contribution in [3.63, 3.8) is 0 Å². The summed E-state index contributed by atoms with van der Waals surface area (Å²) >= 11 is 0. The lowest BCUT2D eigenvalue weighted by Crippen LogP contribution is -2.23. The van der Waals surface area contributed by atoms with Gasteiger partial charge in [0.2, 0.25) is 0 Å². The number of nitrogens with zero attached hydrogens (tertiary/aromatic N) is 1. The quantitative estimate of drug-likeness (QED) is 0.363. The summed E-state index contributed by atoms with van der Waals surface area (Å²) in [6.45, 7) is 0.724. The molecule has 0 amide bonds. The number of hydrogen-bond acceptors (Lipinski definition) is 4. The number of aromatic hydroxyl groups is 1. The fourth-order valence-corrected chi connectivity index (χ4v) is 2.09. The van der Waals surface area contributed by atoms with Crippen molar-refractivity contribution in [2.75, 3.05) is 19.5 Å². The van der Waals surface area contributed by atoms with Gasteiger partial charge in [-0.3, -0.25) is 0 Å². The number of benzene rings is 2. The van der Waals surface area contributed by atoms with E-state index in [-0.39, 0.29) is 42.2 Å². The molecule has 0 unspecified atom stereocenters. The SMILES string of the molecule is COCc1ccccc1NC(N)=NCc1cc(OC)ccc1O.I. The molecule has 0 spiro atoms. The summed E-state index contributed by atoms with van der Waals surface area (Å²) in [6, 6.07) is 12.7. The van der Waals surface area contributed by atoms with Gasteiger partial charge >= 0.3 is 0 Å². The van der Waals surface area contributed by atoms with Crippen LogP contribution in [0.3, 0.4) is 0 Å². The van der Waals surface area contributed by atoms with Gasteiger partial charge in [-0.2, -0.15) is 0 Å². The number of hydrogen-bond donors (Lipinski definition) is 3. The maximum absolute atomic E-state index is 9.84. The lowest BCUT2D eigenvalue weighted by atomic mass is 10.2. The molecule has 24 heavy (non-hydrogen) atoms. The second kappa shape index (κ2) is 9.99. The Bertz CT molecular complexity index is 693. The zero-order chi connectivity index (χ0) is 16.7. The molecule has 0 aliphatic carbocycles. The minimum Gasteiger partial charge on any atom is -0.508 e. The van der Waals surface area contributed by atoms with Gasteiger partial charge in [-0.25, -0.2) is 4.99 Å². The minimum atomic E-state index is 0. The van der Waals surface area contributed by atoms with Gasteiger partial charge in [0.05, 0.1) is 20.3 Å². The first-order valence-corrected chi connectivity index (χ1v) is 7.13. The first kappa shape index (κ1) is 20.0. The number of guanidine groups is 1. The summed E-state index contributed by atoms with van der Waals surface area (Å²) in [5.74, 6) is 1.07. The van der Waals surface area contributed by atoms with Gasteiger partial charge in [-0.05, 0) is 24.3 Å². The van der Waals surface area contributed by atoms with Crippen LogP contribution in [0.1, 0.15) is 11.1 Å². The Morgan fingerprint density at radius 1 is 1.17 bits per heavy atom. The fourth-order valence-electron chi connectivity index (χ4n) is 2.09. The van der Waals surface area contributed by atoms with Gasteiger partial charge in [0, 0.05) is 23.9 Å². The molecule has 2 aromatic carbocycles. The normalized spacial score (nSPS) is 10.8. The summed E-state index contributed by atoms with van der Waals surface area (Å²) in [6.07, 6.45) is 0. The summed E-state index contributed by atoms with van der Waals surface area (Å²) in [5.41, 5.74) is 8.38. The number of anilines is 1. The number of para-hydroxylation sites is 1. The second-order valence-corrected chi connectivity index (χ2v) is 4.91. The molecular weight excluding hydrogens is 421 g/mol. The minimum absolute atomic E-state index is 0. The van der Waals surface area contributed by atoms with E-state index in [9.17, 15) is 5.11 Å². The van der Waals surface area contributed by atoms with E-state index in [2.05, 4.69) is 10.3 Å². The van der Waals surface area contributed by atoms with Gasteiger partial charge in [0.1, 0.15) is 11.5 Å². The van der Waals surface area contributed by atoms with Crippen LogP contribution in [-0.2, 0) is 17.9 Å². The van der Waals surface area contributed by atoms with Crippen molar-refractivity contribution in [1.29, 1.82) is 0 Å². The number of nitrogens with two attached hydrogens (primary N) is 1. The van der Waals surface area contributed by atoms with Crippen LogP contribution in [0.4, 0.5) is 5.69 Å². The van der Waals surface area contributed by atoms with Crippen molar-refractivity contribution >= 4 is 35.6 Å². The lowest BCUT2D eigenvalue weighted by molar-refractivity contribution is 0.185. The smallest absolute Gasteiger partial charge is 0.193 e. The highest BCUT2D eigenvalue weighted by molar-refractivity contribution is 14.0. The molecule has 0 saturated heterocycles. The third-order valence-corrected chi connectivity index (χ3v) is 3.29. The Balaban J connectivity index is 0.00000288. The number of aliphatic imine (C=N–C) groups is 1. The predicted octanol–water partition coefficient (Wildman–Crippen LogP) is 3.09. The third-order valence-electron chi connectivity index (χ3n) is 3.29. The highest BCUT2D eigenvalue weighted by atomic mass is 127. The van der Waals surface area contributed by atoms with Crippen LogP contribution in [0.5, 0.6) is 11.5 Å². The largest absolute Gasteiger partial charge is 0.508 e. The summed E-state index contributed by atoms with van der Waals surface area (Å²) < 4.78 is 10.3. The fraction of sp³-hybridized carbons (Fsp3) is 0.235. The molecule has 0 bridgehead atoms. The van der Waals surface area contributed by atoms with E-state index < -0.39 is 0 Å². The molecule has 0 aliphatic rings. The average molecular weight is 443 g/mol. The van der Waals surface area contributed by atoms with Crippen LogP contribution < -0.4 is 15.8 Å². The van der Waals surface area contributed by atoms with Gasteiger partial charge in [-0.15, -0.1) is 24.0 Å². The van der Waals surface area contributed by atoms with E-state index in [0.717, 1.165) is 11.3 Å². The number of ether oxygens (including phenoxy) is 2. The molecule has 0 atom stereocenters. The molecule has 7 heteroatoms. The summed E-state index contributed by atoms with van der Waals surface area (Å²) in [4.78, 5) is 4.25. The van der Waals surface area contributed by atoms with Crippen molar-refractivity contribution in [3.05, 3.63) is 53.6 Å². The third kappa shape index (κ3) is 5.57.